The minimum absolute atomic E-state index is 0.0729. The van der Waals surface area contributed by atoms with Crippen molar-refractivity contribution in [1.82, 2.24) is 48.9 Å². The average Bonchev–Trinajstić information content (AvgIpc) is 1.77. The second-order valence-electron chi connectivity index (χ2n) is 27.9. The van der Waals surface area contributed by atoms with Crippen molar-refractivity contribution in [3.8, 4) is 23.4 Å². The minimum atomic E-state index is -4.18. The molecule has 0 spiro atoms. The van der Waals surface area contributed by atoms with Gasteiger partial charge in [0.15, 0.2) is 11.6 Å². The predicted octanol–water partition coefficient (Wildman–Crippen LogP) is 12.2. The summed E-state index contributed by atoms with van der Waals surface area (Å²) in [5.74, 6) is 8.29. The molecule has 3 aliphatic heterocycles. The Bertz CT molecular complexity index is 3730. The smallest absolute Gasteiger partial charge is 0.268 e. The van der Waals surface area contributed by atoms with Crippen LogP contribution in [0.2, 0.25) is 5.15 Å². The zero-order valence-corrected chi connectivity index (χ0v) is 55.3. The normalized spacial score (nSPS) is 21.1. The molecule has 6 aromatic heterocycles. The van der Waals surface area contributed by atoms with Crippen molar-refractivity contribution in [1.29, 1.82) is 0 Å². The van der Waals surface area contributed by atoms with Crippen LogP contribution in [0.4, 0.5) is 17.5 Å². The number of nitrogens with one attached hydrogen (secondary N) is 4. The van der Waals surface area contributed by atoms with Crippen LogP contribution in [0.25, 0.3) is 11.6 Å². The molecule has 8 aliphatic rings. The van der Waals surface area contributed by atoms with Gasteiger partial charge >= 0.3 is 0 Å². The van der Waals surface area contributed by atoms with Crippen molar-refractivity contribution >= 4 is 60.9 Å². The van der Waals surface area contributed by atoms with Gasteiger partial charge < -0.3 is 25.0 Å². The number of unbranched alkanes of at least 4 members (excludes halogenated alkanes) is 1. The first-order valence-corrected chi connectivity index (χ1v) is 36.4. The van der Waals surface area contributed by atoms with Crippen LogP contribution in [0.1, 0.15) is 177 Å². The fourth-order valence-electron chi connectivity index (χ4n) is 14.2. The van der Waals surface area contributed by atoms with Crippen molar-refractivity contribution in [3.05, 3.63) is 102 Å². The molecule has 0 radical (unpaired) electrons. The number of carbonyl (C=O) groups excluding carboxylic acids is 2. The van der Waals surface area contributed by atoms with E-state index in [0.717, 1.165) is 112 Å². The molecule has 2 atom stereocenters. The van der Waals surface area contributed by atoms with E-state index in [1.807, 2.05) is 12.3 Å². The van der Waals surface area contributed by atoms with Crippen molar-refractivity contribution < 1.29 is 35.9 Å². The molecule has 24 heteroatoms. The number of fused-ring (bicyclic) bond motifs is 8. The van der Waals surface area contributed by atoms with Gasteiger partial charge in [0, 0.05) is 62.1 Å². The Balaban J connectivity index is 0.000000176. The minimum Gasteiger partial charge on any atom is -0.477 e. The van der Waals surface area contributed by atoms with Crippen molar-refractivity contribution in [2.24, 2.45) is 52.8 Å². The second kappa shape index (κ2) is 27.4. The van der Waals surface area contributed by atoms with Crippen molar-refractivity contribution in [2.45, 2.75) is 171 Å². The highest BCUT2D eigenvalue weighted by atomic mass is 35.5. The summed E-state index contributed by atoms with van der Waals surface area (Å²) in [6.07, 6.45) is 30.4. The number of halogens is 1. The fraction of sp³-hybridized carbons (Fsp3) is 0.582. The van der Waals surface area contributed by atoms with E-state index in [-0.39, 0.29) is 31.6 Å². The summed E-state index contributed by atoms with van der Waals surface area (Å²) in [6.45, 7) is 12.5. The van der Waals surface area contributed by atoms with Crippen LogP contribution in [-0.4, -0.2) is 107 Å². The molecule has 6 fully saturated rings. The quantitative estimate of drug-likeness (QED) is 0.0343. The van der Waals surface area contributed by atoms with Crippen molar-refractivity contribution in [2.75, 3.05) is 48.4 Å². The van der Waals surface area contributed by atoms with E-state index in [1.54, 1.807) is 47.3 Å². The van der Waals surface area contributed by atoms with Crippen LogP contribution in [0.3, 0.4) is 0 Å². The summed E-state index contributed by atoms with van der Waals surface area (Å²) in [5.41, 5.74) is 0.319. The lowest BCUT2D eigenvalue weighted by atomic mass is 9.89. The molecule has 5 saturated carbocycles. The van der Waals surface area contributed by atoms with Gasteiger partial charge in [-0.3, -0.25) is 9.59 Å². The van der Waals surface area contributed by atoms with Crippen LogP contribution in [0, 0.1) is 52.8 Å². The molecule has 91 heavy (non-hydrogen) atoms. The van der Waals surface area contributed by atoms with E-state index in [0.29, 0.717) is 65.4 Å². The summed E-state index contributed by atoms with van der Waals surface area (Å²) in [5, 5.41) is 15.5. The number of anilines is 3. The van der Waals surface area contributed by atoms with Gasteiger partial charge in [0.1, 0.15) is 32.4 Å². The summed E-state index contributed by atoms with van der Waals surface area (Å²) in [4.78, 5) is 46.2. The zero-order valence-electron chi connectivity index (χ0n) is 52.9. The molecule has 2 unspecified atom stereocenters. The molecule has 488 valence electrons. The molecule has 1 saturated heterocycles. The van der Waals surface area contributed by atoms with Gasteiger partial charge in [0.25, 0.3) is 31.9 Å². The maximum absolute atomic E-state index is 13.7. The summed E-state index contributed by atoms with van der Waals surface area (Å²) < 4.78 is 71.7. The first-order chi connectivity index (χ1) is 43.7. The molecule has 21 nitrogen and oxygen atoms in total. The Morgan fingerprint density at radius 2 is 1.40 bits per heavy atom. The zero-order chi connectivity index (χ0) is 63.5. The number of amides is 2. The number of sulfonamides is 2. The van der Waals surface area contributed by atoms with E-state index in [4.69, 9.17) is 26.1 Å². The van der Waals surface area contributed by atoms with Gasteiger partial charge in [-0.15, -0.1) is 10.2 Å². The lowest BCUT2D eigenvalue weighted by Crippen LogP contribution is -2.41. The van der Waals surface area contributed by atoms with Gasteiger partial charge in [0.2, 0.25) is 11.8 Å². The maximum atomic E-state index is 13.7. The van der Waals surface area contributed by atoms with Gasteiger partial charge in [-0.25, -0.2) is 55.6 Å². The Hall–Kier alpha value is -6.85. The molecule has 4 bridgehead atoms. The highest BCUT2D eigenvalue weighted by Crippen LogP contribution is 2.52. The number of rotatable bonds is 23. The number of carbonyl (C=O) groups is 2. The summed E-state index contributed by atoms with van der Waals surface area (Å²) in [7, 11) is -8.34. The number of hydrogen-bond donors (Lipinski definition) is 4. The van der Waals surface area contributed by atoms with E-state index in [2.05, 4.69) is 77.8 Å². The second-order valence-corrected chi connectivity index (χ2v) is 31.7. The number of nitrogens with zero attached hydrogens (tertiary/aromatic N) is 9. The predicted molar refractivity (Wildman–Crippen MR) is 349 cm³/mol. The first-order valence-electron chi connectivity index (χ1n) is 33.1. The van der Waals surface area contributed by atoms with Gasteiger partial charge in [-0.2, -0.15) is 0 Å². The van der Waals surface area contributed by atoms with Crippen molar-refractivity contribution in [3.63, 3.8) is 0 Å². The van der Waals surface area contributed by atoms with Crippen LogP contribution in [0.15, 0.2) is 95.2 Å². The third-order valence-corrected chi connectivity index (χ3v) is 22.5. The molecular formula is C67H88ClN13O8S2. The third-order valence-electron chi connectivity index (χ3n) is 19.6. The van der Waals surface area contributed by atoms with Crippen LogP contribution < -0.4 is 34.5 Å². The van der Waals surface area contributed by atoms with Crippen LogP contribution in [0.5, 0.6) is 11.8 Å². The lowest BCUT2D eigenvalue weighted by Gasteiger charge is -2.34. The Kier molecular flexibility index (Phi) is 19.3. The van der Waals surface area contributed by atoms with E-state index >= 15 is 0 Å². The molecule has 14 rings (SSSR count). The Morgan fingerprint density at radius 1 is 0.747 bits per heavy atom. The molecular weight excluding hydrogens is 1210 g/mol. The maximum Gasteiger partial charge on any atom is 0.268 e. The number of ether oxygens (including phenoxy) is 2. The molecule has 4 N–H and O–H groups in total. The fourth-order valence-corrected chi connectivity index (χ4v) is 16.2. The van der Waals surface area contributed by atoms with E-state index < -0.39 is 31.9 Å². The van der Waals surface area contributed by atoms with E-state index in [1.165, 1.54) is 112 Å². The van der Waals surface area contributed by atoms with Crippen LogP contribution >= 0.6 is 11.6 Å². The first kappa shape index (κ1) is 64.3. The number of pyridine rings is 4. The molecule has 9 heterocycles. The summed E-state index contributed by atoms with van der Waals surface area (Å²) >= 11 is 6.33. The third kappa shape index (κ3) is 16.7. The largest absolute Gasteiger partial charge is 0.477 e. The highest BCUT2D eigenvalue weighted by Gasteiger charge is 2.43. The summed E-state index contributed by atoms with van der Waals surface area (Å²) in [6, 6.07) is 16.0. The molecule has 5 aliphatic carbocycles. The van der Waals surface area contributed by atoms with Crippen LogP contribution in [-0.2, 0) is 20.0 Å². The Morgan fingerprint density at radius 3 is 1.98 bits per heavy atom. The SMILES string of the molecule is CC1(C)CC2CCCCNc3ccc(cn3)S(=O)(=O)NC(=O)c3ccc(-n4ccc(OCCC(C5CC5)C5CC5)n4)nc3N1C2.CC1(C)CCC(CCCCNc2ccc(S(=O)(=O)NC(=O)c3ccc(-n4ccc(OCCC(C5CC5)C5CC5)n4)nc3Cl)cn2)C1. The average molecular weight is 1300 g/mol. The van der Waals surface area contributed by atoms with Gasteiger partial charge in [-0.1, -0.05) is 44.7 Å². The molecule has 2 amide bonds. The highest BCUT2D eigenvalue weighted by molar-refractivity contribution is 7.90. The molecule has 0 aromatic carbocycles. The number of hydrogen-bond acceptors (Lipinski definition) is 17. The lowest BCUT2D eigenvalue weighted by molar-refractivity contribution is 0.0972. The standard InChI is InChI=1S/C34H45ClN6O4S.C33H43N7O4S/c1-34(2)17-14-23(21-34)5-3-4-18-36-29-12-10-26(22-37-29)46(43,44)40-33(42)28-11-13-30(38-32(28)35)41-19-15-31(39-41)45-20-16-27(24-6-7-24)25-8-9-25;1-33(2)19-22-5-3-4-16-34-28-12-10-25(20-35-28)45(42,43)38-32(41)27-11-13-29(36-31(27)39(33)21-22)40-17-14-30(37-40)44-18-15-26(23-6-7-23)24-8-9-24/h10-13,15,19,22-25,27H,3-9,14,16-18,20-21H2,1-2H3,(H,36,37)(H,40,42);10-14,17,20,22-24,26H,3-9,15-16,18-19,21H2,1-2H3,(H,34,35)(H,38,41). The van der Waals surface area contributed by atoms with E-state index in [9.17, 15) is 26.4 Å². The molecule has 6 aromatic rings. The monoisotopic (exact) mass is 1300 g/mol. The Labute approximate surface area is 540 Å². The van der Waals surface area contributed by atoms with Gasteiger partial charge in [0.05, 0.1) is 24.3 Å². The number of aromatic nitrogens is 8. The topological polar surface area (TPSA) is 259 Å². The van der Waals surface area contributed by atoms with Gasteiger partial charge in [-0.05, 0) is 224 Å².